The molecule has 2 aromatic carbocycles. The zero-order valence-electron chi connectivity index (χ0n) is 14.9. The van der Waals surface area contributed by atoms with Crippen molar-refractivity contribution in [2.75, 3.05) is 23.8 Å². The smallest absolute Gasteiger partial charge is 0.257 e. The molecular formula is C19H20Cl2N2O4. The van der Waals surface area contributed by atoms with Gasteiger partial charge in [-0.3, -0.25) is 9.59 Å². The van der Waals surface area contributed by atoms with E-state index in [9.17, 15) is 9.59 Å². The molecule has 0 aromatic heterocycles. The second kappa shape index (κ2) is 10.0. The van der Waals surface area contributed by atoms with Gasteiger partial charge in [-0.1, -0.05) is 41.4 Å². The van der Waals surface area contributed by atoms with Crippen LogP contribution in [0.15, 0.2) is 42.5 Å². The summed E-state index contributed by atoms with van der Waals surface area (Å²) in [5.74, 6) is -0.159. The van der Waals surface area contributed by atoms with Crippen LogP contribution in [-0.2, 0) is 4.79 Å². The Morgan fingerprint density at radius 2 is 1.44 bits per heavy atom. The van der Waals surface area contributed by atoms with Crippen molar-refractivity contribution >= 4 is 46.4 Å². The molecule has 8 heteroatoms. The molecule has 27 heavy (non-hydrogen) atoms. The van der Waals surface area contributed by atoms with Gasteiger partial charge in [0.25, 0.3) is 11.8 Å². The van der Waals surface area contributed by atoms with E-state index in [0.29, 0.717) is 41.7 Å². The summed E-state index contributed by atoms with van der Waals surface area (Å²) in [4.78, 5) is 23.1. The van der Waals surface area contributed by atoms with Crippen molar-refractivity contribution in [3.63, 3.8) is 0 Å². The fourth-order valence-corrected chi connectivity index (χ4v) is 2.39. The Balaban J connectivity index is 2.38. The summed E-state index contributed by atoms with van der Waals surface area (Å²) >= 11 is 11.2. The number of halogens is 2. The van der Waals surface area contributed by atoms with Gasteiger partial charge in [-0.05, 0) is 26.0 Å². The Morgan fingerprint density at radius 1 is 0.926 bits per heavy atom. The van der Waals surface area contributed by atoms with E-state index in [2.05, 4.69) is 10.6 Å². The lowest BCUT2D eigenvalue weighted by Gasteiger charge is -2.18. The molecule has 0 saturated carbocycles. The van der Waals surface area contributed by atoms with Gasteiger partial charge in [0.1, 0.15) is 11.5 Å². The van der Waals surface area contributed by atoms with Gasteiger partial charge in [-0.15, -0.1) is 0 Å². The Bertz CT molecular complexity index is 798. The number of alkyl halides is 2. The topological polar surface area (TPSA) is 76.7 Å². The van der Waals surface area contributed by atoms with Crippen LogP contribution < -0.4 is 20.1 Å². The van der Waals surface area contributed by atoms with E-state index in [1.54, 1.807) is 43.3 Å². The number of amides is 2. The predicted octanol–water partition coefficient (Wildman–Crippen LogP) is 4.48. The summed E-state index contributed by atoms with van der Waals surface area (Å²) in [5.41, 5.74) is 1.26. The molecule has 0 radical (unpaired) electrons. The first-order chi connectivity index (χ1) is 13.0. The molecule has 0 unspecified atom stereocenters. The molecule has 0 aliphatic rings. The number of carbonyl (C=O) groups is 2. The molecule has 2 N–H and O–H groups in total. The highest BCUT2D eigenvalue weighted by Crippen LogP contribution is 2.37. The average Bonchev–Trinajstić information content (AvgIpc) is 2.65. The van der Waals surface area contributed by atoms with Gasteiger partial charge in [0.05, 0.1) is 24.6 Å². The molecule has 0 fully saturated rings. The maximum Gasteiger partial charge on any atom is 0.257 e. The molecule has 2 aromatic rings. The van der Waals surface area contributed by atoms with Crippen LogP contribution in [0.2, 0.25) is 0 Å². The largest absolute Gasteiger partial charge is 0.492 e. The lowest BCUT2D eigenvalue weighted by molar-refractivity contribution is -0.114. The van der Waals surface area contributed by atoms with Crippen LogP contribution in [0.25, 0.3) is 0 Å². The van der Waals surface area contributed by atoms with E-state index in [-0.39, 0.29) is 5.91 Å². The molecule has 0 atom stereocenters. The van der Waals surface area contributed by atoms with E-state index < -0.39 is 10.7 Å². The fourth-order valence-electron chi connectivity index (χ4n) is 2.28. The monoisotopic (exact) mass is 410 g/mol. The fraction of sp³-hybridized carbons (Fsp3) is 0.263. The molecule has 6 nitrogen and oxygen atoms in total. The Kier molecular flexibility index (Phi) is 7.76. The Labute approximate surface area is 167 Å². The number of nitrogens with one attached hydrogen (secondary N) is 2. The number of benzene rings is 2. The van der Waals surface area contributed by atoms with Crippen LogP contribution in [0.3, 0.4) is 0 Å². The van der Waals surface area contributed by atoms with E-state index in [0.717, 1.165) is 0 Å². The van der Waals surface area contributed by atoms with Crippen LogP contribution >= 0.6 is 23.2 Å². The first-order valence-corrected chi connectivity index (χ1v) is 9.22. The molecule has 2 amide bonds. The standard InChI is InChI=1S/C19H20Cl2N2O4/c1-3-26-15-11-14(23-19(25)17(20)21)16(27-4-2)10-13(15)22-18(24)12-8-6-5-7-9-12/h5-11,17H,3-4H2,1-2H3,(H,22,24)(H,23,25). The second-order valence-electron chi connectivity index (χ2n) is 5.32. The van der Waals surface area contributed by atoms with Crippen LogP contribution in [0.4, 0.5) is 11.4 Å². The lowest BCUT2D eigenvalue weighted by Crippen LogP contribution is -2.19. The van der Waals surface area contributed by atoms with Gasteiger partial charge in [0, 0.05) is 17.7 Å². The molecule has 0 aliphatic carbocycles. The summed E-state index contributed by atoms with van der Waals surface area (Å²) < 4.78 is 11.2. The van der Waals surface area contributed by atoms with Gasteiger partial charge < -0.3 is 20.1 Å². The normalized spacial score (nSPS) is 10.4. The van der Waals surface area contributed by atoms with Crippen molar-refractivity contribution in [2.24, 2.45) is 0 Å². The quantitative estimate of drug-likeness (QED) is 0.628. The van der Waals surface area contributed by atoms with Gasteiger partial charge >= 0.3 is 0 Å². The number of hydrogen-bond donors (Lipinski definition) is 2. The Hall–Kier alpha value is -2.44. The molecule has 2 rings (SSSR count). The van der Waals surface area contributed by atoms with Crippen molar-refractivity contribution in [1.29, 1.82) is 0 Å². The summed E-state index contributed by atoms with van der Waals surface area (Å²) in [7, 11) is 0. The number of carbonyl (C=O) groups excluding carboxylic acids is 2. The maximum atomic E-state index is 12.5. The highest BCUT2D eigenvalue weighted by atomic mass is 35.5. The lowest BCUT2D eigenvalue weighted by atomic mass is 10.2. The van der Waals surface area contributed by atoms with Crippen LogP contribution in [-0.4, -0.2) is 29.9 Å². The number of anilines is 2. The summed E-state index contributed by atoms with van der Waals surface area (Å²) in [5, 5.41) is 5.39. The molecule has 0 saturated heterocycles. The minimum Gasteiger partial charge on any atom is -0.492 e. The number of rotatable bonds is 8. The third kappa shape index (κ3) is 5.77. The minimum atomic E-state index is -1.23. The third-order valence-electron chi connectivity index (χ3n) is 3.42. The first-order valence-electron chi connectivity index (χ1n) is 8.35. The molecule has 0 spiro atoms. The van der Waals surface area contributed by atoms with Crippen molar-refractivity contribution in [3.05, 3.63) is 48.0 Å². The Morgan fingerprint density at radius 3 is 1.93 bits per heavy atom. The van der Waals surface area contributed by atoms with Crippen molar-refractivity contribution in [1.82, 2.24) is 0 Å². The van der Waals surface area contributed by atoms with Crippen molar-refractivity contribution < 1.29 is 19.1 Å². The SMILES string of the molecule is CCOc1cc(NC(=O)C(Cl)Cl)c(OCC)cc1NC(=O)c1ccccc1. The molecular weight excluding hydrogens is 391 g/mol. The van der Waals surface area contributed by atoms with Gasteiger partial charge in [-0.25, -0.2) is 0 Å². The number of ether oxygens (including phenoxy) is 2. The van der Waals surface area contributed by atoms with Crippen molar-refractivity contribution in [3.8, 4) is 11.5 Å². The van der Waals surface area contributed by atoms with E-state index >= 15 is 0 Å². The minimum absolute atomic E-state index is 0.294. The third-order valence-corrected chi connectivity index (χ3v) is 3.82. The van der Waals surface area contributed by atoms with Gasteiger partial charge in [-0.2, -0.15) is 0 Å². The van der Waals surface area contributed by atoms with Gasteiger partial charge in [0.15, 0.2) is 4.84 Å². The summed E-state index contributed by atoms with van der Waals surface area (Å²) in [6, 6.07) is 11.9. The molecule has 0 aliphatic heterocycles. The zero-order chi connectivity index (χ0) is 19.8. The zero-order valence-corrected chi connectivity index (χ0v) is 16.4. The second-order valence-corrected chi connectivity index (χ2v) is 6.42. The maximum absolute atomic E-state index is 12.5. The van der Waals surface area contributed by atoms with Crippen molar-refractivity contribution in [2.45, 2.75) is 18.7 Å². The van der Waals surface area contributed by atoms with E-state index in [1.807, 2.05) is 13.0 Å². The van der Waals surface area contributed by atoms with Crippen LogP contribution in [0, 0.1) is 0 Å². The molecule has 0 heterocycles. The van der Waals surface area contributed by atoms with Crippen LogP contribution in [0.1, 0.15) is 24.2 Å². The van der Waals surface area contributed by atoms with Crippen LogP contribution in [0.5, 0.6) is 11.5 Å². The number of hydrogen-bond acceptors (Lipinski definition) is 4. The highest BCUT2D eigenvalue weighted by molar-refractivity contribution is 6.54. The molecule has 144 valence electrons. The average molecular weight is 411 g/mol. The first kappa shape index (κ1) is 20.9. The van der Waals surface area contributed by atoms with E-state index in [1.165, 1.54) is 0 Å². The molecule has 0 bridgehead atoms. The summed E-state index contributed by atoms with van der Waals surface area (Å²) in [6.45, 7) is 4.33. The highest BCUT2D eigenvalue weighted by Gasteiger charge is 2.19. The van der Waals surface area contributed by atoms with E-state index in [4.69, 9.17) is 32.7 Å². The summed E-state index contributed by atoms with van der Waals surface area (Å²) in [6.07, 6.45) is 0. The predicted molar refractivity (Wildman–Crippen MR) is 107 cm³/mol. The van der Waals surface area contributed by atoms with Gasteiger partial charge in [0.2, 0.25) is 0 Å².